The van der Waals surface area contributed by atoms with Gasteiger partial charge in [0.05, 0.1) is 11.7 Å². The number of nitrogens with zero attached hydrogens (tertiary/aromatic N) is 1. The summed E-state index contributed by atoms with van der Waals surface area (Å²) >= 11 is 6.09. The minimum atomic E-state index is 0.444. The van der Waals surface area contributed by atoms with Crippen molar-refractivity contribution in [2.24, 2.45) is 0 Å². The molecule has 0 N–H and O–H groups in total. The van der Waals surface area contributed by atoms with Crippen molar-refractivity contribution in [2.75, 3.05) is 0 Å². The van der Waals surface area contributed by atoms with Gasteiger partial charge >= 0.3 is 0 Å². The summed E-state index contributed by atoms with van der Waals surface area (Å²) in [5, 5.41) is 1.79. The zero-order chi connectivity index (χ0) is 13.1. The molecule has 2 nitrogen and oxygen atoms in total. The summed E-state index contributed by atoms with van der Waals surface area (Å²) < 4.78 is 5.73. The molecule has 0 aliphatic heterocycles. The molecule has 2 aromatic carbocycles. The Morgan fingerprint density at radius 3 is 2.68 bits per heavy atom. The van der Waals surface area contributed by atoms with E-state index in [1.54, 1.807) is 6.20 Å². The van der Waals surface area contributed by atoms with Crippen LogP contribution in [0.5, 0.6) is 5.75 Å². The molecule has 0 aliphatic rings. The fourth-order valence-electron chi connectivity index (χ4n) is 1.91. The van der Waals surface area contributed by atoms with Crippen LogP contribution in [0.3, 0.4) is 0 Å². The smallest absolute Gasteiger partial charge is 0.138 e. The van der Waals surface area contributed by atoms with Crippen LogP contribution in [0, 0.1) is 0 Å². The second kappa shape index (κ2) is 5.29. The molecule has 0 atom stereocenters. The Morgan fingerprint density at radius 1 is 1.00 bits per heavy atom. The highest BCUT2D eigenvalue weighted by molar-refractivity contribution is 6.31. The molecule has 0 bridgehead atoms. The average Bonchev–Trinajstić information content (AvgIpc) is 2.46. The third kappa shape index (κ3) is 2.69. The number of aromatic nitrogens is 1. The number of hydrogen-bond acceptors (Lipinski definition) is 2. The molecule has 0 unspecified atom stereocenters. The number of fused-ring (bicyclic) bond motifs is 1. The van der Waals surface area contributed by atoms with E-state index in [4.69, 9.17) is 16.3 Å². The number of halogens is 1. The summed E-state index contributed by atoms with van der Waals surface area (Å²) in [5.74, 6) is 0.749. The molecule has 0 fully saturated rings. The van der Waals surface area contributed by atoms with Crippen LogP contribution in [0.2, 0.25) is 5.02 Å². The molecule has 94 valence electrons. The number of benzene rings is 2. The third-order valence-corrected chi connectivity index (χ3v) is 3.29. The van der Waals surface area contributed by atoms with Gasteiger partial charge in [0.2, 0.25) is 0 Å². The Kier molecular flexibility index (Phi) is 3.34. The molecule has 19 heavy (non-hydrogen) atoms. The lowest BCUT2D eigenvalue weighted by Gasteiger charge is -2.08. The zero-order valence-electron chi connectivity index (χ0n) is 10.2. The topological polar surface area (TPSA) is 22.1 Å². The van der Waals surface area contributed by atoms with Gasteiger partial charge in [0.25, 0.3) is 0 Å². The lowest BCUT2D eigenvalue weighted by Crippen LogP contribution is -1.96. The number of ether oxygens (including phenoxy) is 1. The van der Waals surface area contributed by atoms with Crippen LogP contribution in [-0.2, 0) is 6.61 Å². The van der Waals surface area contributed by atoms with Gasteiger partial charge in [-0.25, -0.2) is 0 Å². The monoisotopic (exact) mass is 269 g/mol. The summed E-state index contributed by atoms with van der Waals surface area (Å²) in [6.45, 7) is 0.444. The van der Waals surface area contributed by atoms with E-state index < -0.39 is 0 Å². The highest BCUT2D eigenvalue weighted by Crippen LogP contribution is 2.21. The van der Waals surface area contributed by atoms with Crippen molar-refractivity contribution in [2.45, 2.75) is 6.61 Å². The van der Waals surface area contributed by atoms with Crippen LogP contribution in [0.4, 0.5) is 0 Å². The summed E-state index contributed by atoms with van der Waals surface area (Å²) in [7, 11) is 0. The number of pyridine rings is 1. The van der Waals surface area contributed by atoms with Gasteiger partial charge in [0.1, 0.15) is 12.4 Å². The molecular weight excluding hydrogens is 258 g/mol. The minimum Gasteiger partial charge on any atom is -0.487 e. The largest absolute Gasteiger partial charge is 0.487 e. The van der Waals surface area contributed by atoms with E-state index in [-0.39, 0.29) is 0 Å². The summed E-state index contributed by atoms with van der Waals surface area (Å²) in [4.78, 5) is 4.36. The molecule has 0 radical (unpaired) electrons. The third-order valence-electron chi connectivity index (χ3n) is 2.92. The maximum absolute atomic E-state index is 6.09. The van der Waals surface area contributed by atoms with Crippen LogP contribution in [0.15, 0.2) is 60.8 Å². The van der Waals surface area contributed by atoms with Gasteiger partial charge in [-0.2, -0.15) is 0 Å². The molecule has 0 amide bonds. The second-order valence-electron chi connectivity index (χ2n) is 4.24. The molecule has 0 saturated heterocycles. The van der Waals surface area contributed by atoms with E-state index in [9.17, 15) is 0 Å². The minimum absolute atomic E-state index is 0.444. The van der Waals surface area contributed by atoms with Gasteiger partial charge < -0.3 is 4.74 Å². The molecule has 1 aromatic heterocycles. The van der Waals surface area contributed by atoms with Crippen LogP contribution < -0.4 is 4.74 Å². The van der Waals surface area contributed by atoms with Crippen molar-refractivity contribution in [3.8, 4) is 5.75 Å². The van der Waals surface area contributed by atoms with Gasteiger partial charge in [-0.1, -0.05) is 48.0 Å². The lowest BCUT2D eigenvalue weighted by molar-refractivity contribution is 0.305. The molecule has 0 spiro atoms. The molecular formula is C16H12ClNO. The first-order valence-electron chi connectivity index (χ1n) is 6.04. The van der Waals surface area contributed by atoms with Crippen molar-refractivity contribution in [3.63, 3.8) is 0 Å². The molecule has 0 saturated carbocycles. The first-order valence-corrected chi connectivity index (χ1v) is 6.42. The number of rotatable bonds is 3. The van der Waals surface area contributed by atoms with E-state index in [0.29, 0.717) is 6.61 Å². The van der Waals surface area contributed by atoms with Gasteiger partial charge in [0.15, 0.2) is 0 Å². The van der Waals surface area contributed by atoms with Gasteiger partial charge in [0, 0.05) is 16.0 Å². The van der Waals surface area contributed by atoms with Crippen molar-refractivity contribution in [1.82, 2.24) is 4.98 Å². The van der Waals surface area contributed by atoms with E-state index >= 15 is 0 Å². The van der Waals surface area contributed by atoms with Crippen LogP contribution in [0.1, 0.15) is 5.56 Å². The predicted molar refractivity (Wildman–Crippen MR) is 77.5 cm³/mol. The maximum atomic E-state index is 6.09. The van der Waals surface area contributed by atoms with E-state index in [0.717, 1.165) is 27.2 Å². The molecule has 1 heterocycles. The molecule has 3 heteroatoms. The predicted octanol–water partition coefficient (Wildman–Crippen LogP) is 4.47. The fraction of sp³-hybridized carbons (Fsp3) is 0.0625. The van der Waals surface area contributed by atoms with Gasteiger partial charge in [-0.3, -0.25) is 4.98 Å². The Balaban J connectivity index is 1.80. The van der Waals surface area contributed by atoms with Crippen molar-refractivity contribution < 1.29 is 4.74 Å². The lowest BCUT2D eigenvalue weighted by atomic mass is 10.2. The van der Waals surface area contributed by atoms with Crippen molar-refractivity contribution in [3.05, 3.63) is 71.4 Å². The Bertz CT molecular complexity index is 712. The Morgan fingerprint density at radius 2 is 1.79 bits per heavy atom. The first kappa shape index (κ1) is 12.0. The SMILES string of the molecule is Clc1ccccc1COc1cnc2ccccc2c1. The highest BCUT2D eigenvalue weighted by Gasteiger charge is 2.02. The first-order chi connectivity index (χ1) is 9.33. The quantitative estimate of drug-likeness (QED) is 0.700. The van der Waals surface area contributed by atoms with E-state index in [2.05, 4.69) is 4.98 Å². The summed E-state index contributed by atoms with van der Waals surface area (Å²) in [5.41, 5.74) is 1.94. The van der Waals surface area contributed by atoms with Crippen LogP contribution in [-0.4, -0.2) is 4.98 Å². The zero-order valence-corrected chi connectivity index (χ0v) is 11.0. The van der Waals surface area contributed by atoms with Crippen LogP contribution in [0.25, 0.3) is 10.9 Å². The molecule has 0 aliphatic carbocycles. The van der Waals surface area contributed by atoms with Gasteiger partial charge in [-0.05, 0) is 18.2 Å². The van der Waals surface area contributed by atoms with Crippen molar-refractivity contribution >= 4 is 22.5 Å². The Labute approximate surface area is 116 Å². The summed E-state index contributed by atoms with van der Waals surface area (Å²) in [6, 6.07) is 17.6. The molecule has 3 aromatic rings. The second-order valence-corrected chi connectivity index (χ2v) is 4.65. The van der Waals surface area contributed by atoms with Gasteiger partial charge in [-0.15, -0.1) is 0 Å². The maximum Gasteiger partial charge on any atom is 0.138 e. The standard InChI is InChI=1S/C16H12ClNO/c17-15-7-3-1-6-13(15)11-19-14-9-12-5-2-4-8-16(12)18-10-14/h1-10H,11H2. The summed E-state index contributed by atoms with van der Waals surface area (Å²) in [6.07, 6.45) is 1.74. The Hall–Kier alpha value is -2.06. The average molecular weight is 270 g/mol. The van der Waals surface area contributed by atoms with Crippen LogP contribution >= 0.6 is 11.6 Å². The number of hydrogen-bond donors (Lipinski definition) is 0. The van der Waals surface area contributed by atoms with Crippen molar-refractivity contribution in [1.29, 1.82) is 0 Å². The van der Waals surface area contributed by atoms with E-state index in [1.165, 1.54) is 0 Å². The number of para-hydroxylation sites is 1. The molecule has 3 rings (SSSR count). The normalized spacial score (nSPS) is 10.6. The van der Waals surface area contributed by atoms with E-state index in [1.807, 2.05) is 54.6 Å². The fourth-order valence-corrected chi connectivity index (χ4v) is 2.10. The highest BCUT2D eigenvalue weighted by atomic mass is 35.5.